The first kappa shape index (κ1) is 9.44. The van der Waals surface area contributed by atoms with Gasteiger partial charge in [-0.2, -0.15) is 0 Å². The standard InChI is InChI=1S/C11H10ClNO/c1-7(14)9-6-8-4-2-3-5-10(8)13-11(9)12/h2-7,14H,1H3/t7-/m1/s1. The Morgan fingerprint density at radius 2 is 2.07 bits per heavy atom. The monoisotopic (exact) mass is 207 g/mol. The molecule has 1 heterocycles. The number of nitrogens with zero attached hydrogens (tertiary/aromatic N) is 1. The molecule has 72 valence electrons. The fraction of sp³-hybridized carbons (Fsp3) is 0.182. The number of pyridine rings is 1. The number of aliphatic hydroxyl groups excluding tert-OH is 1. The van der Waals surface area contributed by atoms with Crippen LogP contribution in [0.3, 0.4) is 0 Å². The smallest absolute Gasteiger partial charge is 0.135 e. The molecular formula is C11H10ClNO. The summed E-state index contributed by atoms with van der Waals surface area (Å²) >= 11 is 5.93. The van der Waals surface area contributed by atoms with E-state index >= 15 is 0 Å². The number of rotatable bonds is 1. The van der Waals surface area contributed by atoms with Crippen LogP contribution >= 0.6 is 11.6 Å². The van der Waals surface area contributed by atoms with Gasteiger partial charge in [-0.15, -0.1) is 0 Å². The van der Waals surface area contributed by atoms with Crippen molar-refractivity contribution < 1.29 is 5.11 Å². The average molecular weight is 208 g/mol. The number of benzene rings is 1. The highest BCUT2D eigenvalue weighted by Crippen LogP contribution is 2.25. The maximum absolute atomic E-state index is 9.44. The highest BCUT2D eigenvalue weighted by Gasteiger charge is 2.08. The van der Waals surface area contributed by atoms with Crippen LogP contribution in [0.4, 0.5) is 0 Å². The largest absolute Gasteiger partial charge is 0.389 e. The highest BCUT2D eigenvalue weighted by atomic mass is 35.5. The number of aromatic nitrogens is 1. The molecule has 0 amide bonds. The topological polar surface area (TPSA) is 33.1 Å². The molecule has 1 atom stereocenters. The van der Waals surface area contributed by atoms with Crippen LogP contribution in [0, 0.1) is 0 Å². The van der Waals surface area contributed by atoms with Gasteiger partial charge in [0.15, 0.2) is 0 Å². The first-order chi connectivity index (χ1) is 6.68. The number of hydrogen-bond acceptors (Lipinski definition) is 2. The van der Waals surface area contributed by atoms with E-state index in [1.54, 1.807) is 6.92 Å². The van der Waals surface area contributed by atoms with Crippen molar-refractivity contribution in [3.63, 3.8) is 0 Å². The summed E-state index contributed by atoms with van der Waals surface area (Å²) < 4.78 is 0. The van der Waals surface area contributed by atoms with E-state index in [1.807, 2.05) is 30.3 Å². The van der Waals surface area contributed by atoms with E-state index in [4.69, 9.17) is 11.6 Å². The van der Waals surface area contributed by atoms with Gasteiger partial charge >= 0.3 is 0 Å². The molecule has 0 bridgehead atoms. The van der Waals surface area contributed by atoms with Crippen molar-refractivity contribution in [3.05, 3.63) is 41.0 Å². The molecule has 3 heteroatoms. The lowest BCUT2D eigenvalue weighted by molar-refractivity contribution is 0.199. The molecule has 0 spiro atoms. The molecule has 0 aliphatic heterocycles. The minimum Gasteiger partial charge on any atom is -0.389 e. The second-order valence-corrected chi connectivity index (χ2v) is 3.60. The predicted octanol–water partition coefficient (Wildman–Crippen LogP) is 2.94. The third kappa shape index (κ3) is 1.59. The zero-order chi connectivity index (χ0) is 10.1. The number of aliphatic hydroxyl groups is 1. The zero-order valence-electron chi connectivity index (χ0n) is 7.74. The van der Waals surface area contributed by atoms with Crippen molar-refractivity contribution in [1.29, 1.82) is 0 Å². The van der Waals surface area contributed by atoms with Crippen LogP contribution in [0.25, 0.3) is 10.9 Å². The van der Waals surface area contributed by atoms with Crippen LogP contribution in [0.5, 0.6) is 0 Å². The van der Waals surface area contributed by atoms with Crippen LogP contribution in [0.2, 0.25) is 5.15 Å². The molecule has 2 rings (SSSR count). The lowest BCUT2D eigenvalue weighted by atomic mass is 10.1. The summed E-state index contributed by atoms with van der Waals surface area (Å²) in [5.74, 6) is 0. The van der Waals surface area contributed by atoms with E-state index < -0.39 is 6.10 Å². The van der Waals surface area contributed by atoms with Crippen molar-refractivity contribution in [2.24, 2.45) is 0 Å². The Morgan fingerprint density at radius 3 is 2.79 bits per heavy atom. The lowest BCUT2D eigenvalue weighted by Gasteiger charge is -2.07. The molecule has 14 heavy (non-hydrogen) atoms. The van der Waals surface area contributed by atoms with Gasteiger partial charge in [-0.25, -0.2) is 4.98 Å². The average Bonchev–Trinajstić information content (AvgIpc) is 2.16. The van der Waals surface area contributed by atoms with Gasteiger partial charge in [0.2, 0.25) is 0 Å². The molecule has 0 unspecified atom stereocenters. The van der Waals surface area contributed by atoms with E-state index in [0.29, 0.717) is 10.7 Å². The maximum Gasteiger partial charge on any atom is 0.135 e. The summed E-state index contributed by atoms with van der Waals surface area (Å²) in [5, 5.41) is 10.8. The summed E-state index contributed by atoms with van der Waals surface area (Å²) in [7, 11) is 0. The van der Waals surface area contributed by atoms with Gasteiger partial charge in [0, 0.05) is 10.9 Å². The molecule has 0 saturated carbocycles. The van der Waals surface area contributed by atoms with Crippen molar-refractivity contribution in [1.82, 2.24) is 4.98 Å². The van der Waals surface area contributed by atoms with E-state index in [1.165, 1.54) is 0 Å². The first-order valence-electron chi connectivity index (χ1n) is 4.42. The number of halogens is 1. The maximum atomic E-state index is 9.44. The van der Waals surface area contributed by atoms with E-state index in [9.17, 15) is 5.11 Å². The Bertz CT molecular complexity index is 468. The molecule has 1 aromatic heterocycles. The molecule has 0 aliphatic carbocycles. The zero-order valence-corrected chi connectivity index (χ0v) is 8.49. The van der Waals surface area contributed by atoms with Crippen molar-refractivity contribution in [2.75, 3.05) is 0 Å². The summed E-state index contributed by atoms with van der Waals surface area (Å²) in [6.07, 6.45) is -0.584. The normalized spacial score (nSPS) is 13.1. The van der Waals surface area contributed by atoms with Gasteiger partial charge in [0.05, 0.1) is 11.6 Å². The fourth-order valence-corrected chi connectivity index (χ4v) is 1.71. The molecule has 1 N–H and O–H groups in total. The van der Waals surface area contributed by atoms with Crippen molar-refractivity contribution >= 4 is 22.5 Å². The summed E-state index contributed by atoms with van der Waals surface area (Å²) in [6, 6.07) is 9.56. The molecule has 0 saturated heterocycles. The fourth-order valence-electron chi connectivity index (χ4n) is 1.40. The molecular weight excluding hydrogens is 198 g/mol. The van der Waals surface area contributed by atoms with Crippen LogP contribution < -0.4 is 0 Å². The number of fused-ring (bicyclic) bond motifs is 1. The minimum atomic E-state index is -0.584. The van der Waals surface area contributed by atoms with E-state index in [0.717, 1.165) is 10.9 Å². The Hall–Kier alpha value is -1.12. The van der Waals surface area contributed by atoms with Crippen molar-refractivity contribution in [2.45, 2.75) is 13.0 Å². The highest BCUT2D eigenvalue weighted by molar-refractivity contribution is 6.30. The summed E-state index contributed by atoms with van der Waals surface area (Å²) in [6.45, 7) is 1.68. The van der Waals surface area contributed by atoms with Crippen LogP contribution in [-0.2, 0) is 0 Å². The molecule has 2 nitrogen and oxygen atoms in total. The molecule has 1 aromatic carbocycles. The number of para-hydroxylation sites is 1. The number of hydrogen-bond donors (Lipinski definition) is 1. The molecule has 2 aromatic rings. The van der Waals surface area contributed by atoms with Gasteiger partial charge in [0.25, 0.3) is 0 Å². The third-order valence-electron chi connectivity index (χ3n) is 2.15. The Balaban J connectivity index is 2.71. The van der Waals surface area contributed by atoms with Gasteiger partial charge in [-0.05, 0) is 19.1 Å². The van der Waals surface area contributed by atoms with Gasteiger partial charge in [-0.3, -0.25) is 0 Å². The third-order valence-corrected chi connectivity index (χ3v) is 2.46. The van der Waals surface area contributed by atoms with Crippen LogP contribution in [-0.4, -0.2) is 10.1 Å². The Kier molecular flexibility index (Phi) is 2.40. The van der Waals surface area contributed by atoms with Crippen LogP contribution in [0.15, 0.2) is 30.3 Å². The summed E-state index contributed by atoms with van der Waals surface area (Å²) in [5.41, 5.74) is 1.52. The molecule has 0 fully saturated rings. The van der Waals surface area contributed by atoms with Gasteiger partial charge in [0.1, 0.15) is 5.15 Å². The molecule has 0 radical (unpaired) electrons. The minimum absolute atomic E-state index is 0.374. The van der Waals surface area contributed by atoms with Gasteiger partial charge < -0.3 is 5.11 Å². The van der Waals surface area contributed by atoms with Crippen LogP contribution in [0.1, 0.15) is 18.6 Å². The first-order valence-corrected chi connectivity index (χ1v) is 4.79. The van der Waals surface area contributed by atoms with Gasteiger partial charge in [-0.1, -0.05) is 29.8 Å². The second kappa shape index (κ2) is 3.56. The lowest BCUT2D eigenvalue weighted by Crippen LogP contribution is -1.94. The summed E-state index contributed by atoms with van der Waals surface area (Å²) in [4.78, 5) is 4.20. The van der Waals surface area contributed by atoms with E-state index in [2.05, 4.69) is 4.98 Å². The SMILES string of the molecule is C[C@@H](O)c1cc2ccccc2nc1Cl. The Morgan fingerprint density at radius 1 is 1.36 bits per heavy atom. The quantitative estimate of drug-likeness (QED) is 0.730. The Labute approximate surface area is 87.2 Å². The van der Waals surface area contributed by atoms with Crippen molar-refractivity contribution in [3.8, 4) is 0 Å². The van der Waals surface area contributed by atoms with E-state index in [-0.39, 0.29) is 0 Å². The molecule has 0 aliphatic rings. The predicted molar refractivity (Wildman–Crippen MR) is 57.4 cm³/mol. The second-order valence-electron chi connectivity index (χ2n) is 3.24.